The zero-order valence-corrected chi connectivity index (χ0v) is 14.8. The van der Waals surface area contributed by atoms with Crippen LogP contribution in [0, 0.1) is 0 Å². The van der Waals surface area contributed by atoms with Gasteiger partial charge in [-0.15, -0.1) is 0 Å². The summed E-state index contributed by atoms with van der Waals surface area (Å²) in [7, 11) is 0. The van der Waals surface area contributed by atoms with Crippen LogP contribution >= 0.6 is 0 Å². The van der Waals surface area contributed by atoms with Gasteiger partial charge in [0.1, 0.15) is 11.5 Å². The number of benzene rings is 3. The fraction of sp³-hybridized carbons (Fsp3) is 0.143. The van der Waals surface area contributed by atoms with Gasteiger partial charge >= 0.3 is 12.1 Å². The van der Waals surface area contributed by atoms with Crippen molar-refractivity contribution in [3.63, 3.8) is 0 Å². The molecule has 152 valence electrons. The monoisotopic (exact) mass is 411 g/mol. The largest absolute Gasteiger partial charge is 0.457 e. The lowest BCUT2D eigenvalue weighted by Crippen LogP contribution is -2.51. The summed E-state index contributed by atoms with van der Waals surface area (Å²) in [5, 5.41) is 0. The van der Waals surface area contributed by atoms with Crippen LogP contribution in [0.3, 0.4) is 0 Å². The molecule has 0 saturated carbocycles. The lowest BCUT2D eigenvalue weighted by Gasteiger charge is -2.35. The Kier molecular flexibility index (Phi) is 5.21. The SMILES string of the molecule is Nc1ccc(Oc2ccc(C(F)(F)C(F)(c3ccccc3)C(F)(F)F)cc2)cc1. The van der Waals surface area contributed by atoms with Gasteiger partial charge in [0.05, 0.1) is 0 Å². The molecule has 0 aliphatic heterocycles. The third kappa shape index (κ3) is 3.74. The lowest BCUT2D eigenvalue weighted by atomic mass is 9.84. The Balaban J connectivity index is 1.95. The zero-order valence-electron chi connectivity index (χ0n) is 14.8. The number of nitrogen functional groups attached to an aromatic ring is 1. The second kappa shape index (κ2) is 7.35. The highest BCUT2D eigenvalue weighted by Gasteiger charge is 2.72. The van der Waals surface area contributed by atoms with Gasteiger partial charge in [0.25, 0.3) is 5.67 Å². The van der Waals surface area contributed by atoms with E-state index in [4.69, 9.17) is 10.5 Å². The molecule has 3 rings (SSSR count). The second-order valence-electron chi connectivity index (χ2n) is 6.29. The van der Waals surface area contributed by atoms with Gasteiger partial charge in [0, 0.05) is 16.8 Å². The maximum Gasteiger partial charge on any atom is 0.433 e. The summed E-state index contributed by atoms with van der Waals surface area (Å²) in [6, 6.07) is 14.5. The van der Waals surface area contributed by atoms with Crippen molar-refractivity contribution >= 4 is 5.69 Å². The molecule has 0 amide bonds. The first kappa shape index (κ1) is 20.6. The first-order valence-electron chi connectivity index (χ1n) is 8.38. The van der Waals surface area contributed by atoms with E-state index < -0.39 is 28.9 Å². The molecule has 2 nitrogen and oxygen atoms in total. The molecule has 0 heterocycles. The molecule has 0 radical (unpaired) electrons. The van der Waals surface area contributed by atoms with Gasteiger partial charge < -0.3 is 10.5 Å². The summed E-state index contributed by atoms with van der Waals surface area (Å²) in [6.45, 7) is 0. The first-order chi connectivity index (χ1) is 13.6. The predicted molar refractivity (Wildman–Crippen MR) is 96.5 cm³/mol. The number of halogens is 6. The van der Waals surface area contributed by atoms with E-state index in [1.807, 2.05) is 0 Å². The minimum absolute atomic E-state index is 0.0884. The molecule has 0 saturated heterocycles. The van der Waals surface area contributed by atoms with Gasteiger partial charge in [0.15, 0.2) is 0 Å². The highest BCUT2D eigenvalue weighted by molar-refractivity contribution is 5.43. The van der Waals surface area contributed by atoms with E-state index >= 15 is 4.39 Å². The molecule has 2 N–H and O–H groups in total. The molecule has 0 spiro atoms. The fourth-order valence-corrected chi connectivity index (χ4v) is 2.79. The summed E-state index contributed by atoms with van der Waals surface area (Å²) in [6.07, 6.45) is -5.85. The Bertz CT molecular complexity index is 955. The third-order valence-electron chi connectivity index (χ3n) is 4.33. The fourth-order valence-electron chi connectivity index (χ4n) is 2.79. The van der Waals surface area contributed by atoms with Gasteiger partial charge in [-0.05, 0) is 48.5 Å². The maximum atomic E-state index is 15.1. The quantitative estimate of drug-likeness (QED) is 0.380. The van der Waals surface area contributed by atoms with E-state index in [1.165, 1.54) is 18.2 Å². The van der Waals surface area contributed by atoms with Crippen molar-refractivity contribution in [1.82, 2.24) is 0 Å². The first-order valence-corrected chi connectivity index (χ1v) is 8.38. The van der Waals surface area contributed by atoms with Crippen LogP contribution in [0.1, 0.15) is 11.1 Å². The van der Waals surface area contributed by atoms with E-state index in [0.29, 0.717) is 35.7 Å². The molecule has 8 heteroatoms. The lowest BCUT2D eigenvalue weighted by molar-refractivity contribution is -0.314. The Labute approximate surface area is 162 Å². The van der Waals surface area contributed by atoms with Crippen LogP contribution in [-0.4, -0.2) is 6.18 Å². The van der Waals surface area contributed by atoms with Gasteiger partial charge in [-0.2, -0.15) is 22.0 Å². The molecule has 0 aromatic heterocycles. The van der Waals surface area contributed by atoms with Crippen LogP contribution in [0.4, 0.5) is 32.0 Å². The van der Waals surface area contributed by atoms with Crippen LogP contribution in [-0.2, 0) is 11.6 Å². The molecule has 3 aromatic carbocycles. The van der Waals surface area contributed by atoms with Crippen molar-refractivity contribution in [2.45, 2.75) is 17.8 Å². The number of ether oxygens (including phenoxy) is 1. The van der Waals surface area contributed by atoms with E-state index in [2.05, 4.69) is 0 Å². The molecule has 29 heavy (non-hydrogen) atoms. The number of alkyl halides is 6. The summed E-state index contributed by atoms with van der Waals surface area (Å²) in [5.41, 5.74) is -1.19. The van der Waals surface area contributed by atoms with Crippen molar-refractivity contribution in [1.29, 1.82) is 0 Å². The Morgan fingerprint density at radius 1 is 0.586 bits per heavy atom. The Morgan fingerprint density at radius 2 is 1.07 bits per heavy atom. The third-order valence-corrected chi connectivity index (χ3v) is 4.33. The molecule has 0 bridgehead atoms. The van der Waals surface area contributed by atoms with Gasteiger partial charge in [-0.25, -0.2) is 4.39 Å². The standard InChI is InChI=1S/C21H15F6NO/c22-19(21(25,26)27,14-4-2-1-3-5-14)20(23,24)15-6-10-17(11-7-15)29-18-12-8-16(28)9-13-18/h1-13H,28H2. The topological polar surface area (TPSA) is 35.2 Å². The van der Waals surface area contributed by atoms with E-state index in [9.17, 15) is 22.0 Å². The summed E-state index contributed by atoms with van der Waals surface area (Å²) >= 11 is 0. The number of anilines is 1. The number of hydrogen-bond acceptors (Lipinski definition) is 2. The minimum atomic E-state index is -5.85. The zero-order chi connectivity index (χ0) is 21.3. The number of hydrogen-bond donors (Lipinski definition) is 1. The van der Waals surface area contributed by atoms with Crippen molar-refractivity contribution in [3.05, 3.63) is 90.0 Å². The molecular formula is C21H15F6NO. The Hall–Kier alpha value is -3.16. The van der Waals surface area contributed by atoms with Crippen LogP contribution in [0.2, 0.25) is 0 Å². The molecule has 3 aromatic rings. The molecule has 1 unspecified atom stereocenters. The molecule has 0 aliphatic rings. The smallest absolute Gasteiger partial charge is 0.433 e. The van der Waals surface area contributed by atoms with E-state index in [0.717, 1.165) is 24.3 Å². The van der Waals surface area contributed by atoms with Crippen molar-refractivity contribution in [2.24, 2.45) is 0 Å². The van der Waals surface area contributed by atoms with Gasteiger partial charge in [-0.3, -0.25) is 0 Å². The van der Waals surface area contributed by atoms with Crippen molar-refractivity contribution in [2.75, 3.05) is 5.73 Å². The van der Waals surface area contributed by atoms with Crippen LogP contribution in [0.15, 0.2) is 78.9 Å². The van der Waals surface area contributed by atoms with Crippen LogP contribution < -0.4 is 10.5 Å². The van der Waals surface area contributed by atoms with Crippen LogP contribution in [0.5, 0.6) is 11.5 Å². The summed E-state index contributed by atoms with van der Waals surface area (Å²) < 4.78 is 90.6. The normalized spacial score (nSPS) is 14.3. The maximum absolute atomic E-state index is 15.1. The average Bonchev–Trinajstić information content (AvgIpc) is 2.69. The van der Waals surface area contributed by atoms with Gasteiger partial charge in [-0.1, -0.05) is 30.3 Å². The summed E-state index contributed by atoms with van der Waals surface area (Å²) in [5.74, 6) is -4.45. The number of nitrogens with two attached hydrogens (primary N) is 1. The van der Waals surface area contributed by atoms with Gasteiger partial charge in [0.2, 0.25) is 0 Å². The Morgan fingerprint density at radius 3 is 1.55 bits per heavy atom. The van der Waals surface area contributed by atoms with E-state index in [1.54, 1.807) is 12.1 Å². The number of rotatable bonds is 5. The van der Waals surface area contributed by atoms with Crippen molar-refractivity contribution < 1.29 is 31.1 Å². The van der Waals surface area contributed by atoms with Crippen molar-refractivity contribution in [3.8, 4) is 11.5 Å². The molecule has 0 fully saturated rings. The molecule has 0 aliphatic carbocycles. The second-order valence-corrected chi connectivity index (χ2v) is 6.29. The minimum Gasteiger partial charge on any atom is -0.457 e. The summed E-state index contributed by atoms with van der Waals surface area (Å²) in [4.78, 5) is 0. The highest BCUT2D eigenvalue weighted by Crippen LogP contribution is 2.57. The average molecular weight is 411 g/mol. The van der Waals surface area contributed by atoms with Crippen LogP contribution in [0.25, 0.3) is 0 Å². The molecular weight excluding hydrogens is 396 g/mol. The molecule has 1 atom stereocenters. The highest BCUT2D eigenvalue weighted by atomic mass is 19.4. The van der Waals surface area contributed by atoms with E-state index in [-0.39, 0.29) is 5.75 Å². The predicted octanol–water partition coefficient (Wildman–Crippen LogP) is 6.58.